The van der Waals surface area contributed by atoms with Gasteiger partial charge in [0.05, 0.1) is 22.1 Å². The average Bonchev–Trinajstić information content (AvgIpc) is 4.01. The van der Waals surface area contributed by atoms with Crippen molar-refractivity contribution in [2.45, 2.75) is 0 Å². The molecule has 0 saturated carbocycles. The van der Waals surface area contributed by atoms with Crippen LogP contribution in [0.5, 0.6) is 0 Å². The molecule has 5 nitrogen and oxygen atoms in total. The maximum Gasteiger partial charge on any atom is 0.240 e. The summed E-state index contributed by atoms with van der Waals surface area (Å²) in [6.45, 7) is 0. The number of para-hydroxylation sites is 3. The Kier molecular flexibility index (Phi) is 8.01. The second kappa shape index (κ2) is 14.2. The van der Waals surface area contributed by atoms with Crippen molar-refractivity contribution in [1.82, 2.24) is 24.1 Å². The summed E-state index contributed by atoms with van der Waals surface area (Å²) in [6, 6.07) is 75.7. The SMILES string of the molecule is c1ccc(-c2ccc3c4ccccc4n(-c4nc(-c5cccc(-c6cccc(-c7ccc8c(c7)sc7ccccc78)c6)c5)nc(-n5c6ccccc6c6ccccc65)n4)c3c2)cc1. The van der Waals surface area contributed by atoms with E-state index >= 15 is 0 Å². The predicted molar refractivity (Wildman–Crippen MR) is 263 cm³/mol. The third-order valence-corrected chi connectivity index (χ3v) is 13.5. The first-order valence-corrected chi connectivity index (χ1v) is 22.0. The third kappa shape index (κ3) is 5.80. The van der Waals surface area contributed by atoms with Crippen molar-refractivity contribution < 1.29 is 0 Å². The standard InChI is InChI=1S/C57H35N5S/c1-2-14-36(15-3-1)40-28-30-46-45-22-6-10-26-51(45)62(52(46)34-40)57-59-55(58-56(60-57)61-49-24-8-4-20-43(49)44-21-5-9-25-50(44)61)42-19-13-18-39(33-42)37-16-12-17-38(32-37)41-29-31-48-47-23-7-11-27-53(47)63-54(48)35-41/h1-35H. The lowest BCUT2D eigenvalue weighted by atomic mass is 9.97. The number of thiophene rings is 1. The smallest absolute Gasteiger partial charge is 0.240 e. The van der Waals surface area contributed by atoms with Gasteiger partial charge in [0.25, 0.3) is 0 Å². The maximum atomic E-state index is 5.41. The lowest BCUT2D eigenvalue weighted by Crippen LogP contribution is -2.10. The van der Waals surface area contributed by atoms with Gasteiger partial charge in [-0.15, -0.1) is 11.3 Å². The Morgan fingerprint density at radius 3 is 1.33 bits per heavy atom. The monoisotopic (exact) mass is 821 g/mol. The lowest BCUT2D eigenvalue weighted by molar-refractivity contribution is 0.893. The van der Waals surface area contributed by atoms with Crippen LogP contribution in [-0.4, -0.2) is 24.1 Å². The van der Waals surface area contributed by atoms with Crippen LogP contribution in [0.2, 0.25) is 0 Å². The molecule has 0 saturated heterocycles. The van der Waals surface area contributed by atoms with Crippen LogP contribution in [0.4, 0.5) is 0 Å². The Labute approximate surface area is 366 Å². The number of fused-ring (bicyclic) bond motifs is 9. The van der Waals surface area contributed by atoms with Gasteiger partial charge in [-0.05, 0) is 81.9 Å². The molecule has 0 spiro atoms. The molecule has 0 fully saturated rings. The van der Waals surface area contributed by atoms with Crippen molar-refractivity contribution in [2.75, 3.05) is 0 Å². The van der Waals surface area contributed by atoms with Crippen LogP contribution < -0.4 is 0 Å². The molecule has 4 aromatic heterocycles. The largest absolute Gasteiger partial charge is 0.278 e. The topological polar surface area (TPSA) is 48.5 Å². The lowest BCUT2D eigenvalue weighted by Gasteiger charge is -2.13. The fraction of sp³-hybridized carbons (Fsp3) is 0. The summed E-state index contributed by atoms with van der Waals surface area (Å²) in [6.07, 6.45) is 0. The van der Waals surface area contributed by atoms with Crippen molar-refractivity contribution in [1.29, 1.82) is 0 Å². The van der Waals surface area contributed by atoms with Crippen LogP contribution in [0.1, 0.15) is 0 Å². The number of nitrogens with zero attached hydrogens (tertiary/aromatic N) is 5. The van der Waals surface area contributed by atoms with E-state index in [4.69, 9.17) is 15.0 Å². The summed E-state index contributed by atoms with van der Waals surface area (Å²) in [5.74, 6) is 1.70. The van der Waals surface area contributed by atoms with Gasteiger partial charge in [0.2, 0.25) is 11.9 Å². The summed E-state index contributed by atoms with van der Waals surface area (Å²) in [5.41, 5.74) is 11.9. The van der Waals surface area contributed by atoms with Gasteiger partial charge in [0, 0.05) is 47.3 Å². The van der Waals surface area contributed by atoms with Crippen molar-refractivity contribution >= 4 is 75.1 Å². The summed E-state index contributed by atoms with van der Waals surface area (Å²) >= 11 is 1.85. The number of hydrogen-bond acceptors (Lipinski definition) is 4. The van der Waals surface area contributed by atoms with Gasteiger partial charge in [0.15, 0.2) is 5.82 Å². The first-order chi connectivity index (χ1) is 31.2. The van der Waals surface area contributed by atoms with Crippen molar-refractivity contribution in [2.24, 2.45) is 0 Å². The molecule has 4 heterocycles. The van der Waals surface area contributed by atoms with E-state index in [1.807, 2.05) is 11.3 Å². The van der Waals surface area contributed by atoms with Gasteiger partial charge in [-0.3, -0.25) is 9.13 Å². The van der Waals surface area contributed by atoms with Crippen LogP contribution in [0, 0.1) is 0 Å². The molecule has 294 valence electrons. The average molecular weight is 822 g/mol. The van der Waals surface area contributed by atoms with E-state index in [0.717, 1.165) is 71.4 Å². The molecule has 0 radical (unpaired) electrons. The third-order valence-electron chi connectivity index (χ3n) is 12.4. The molecule has 13 rings (SSSR count). The zero-order valence-corrected chi connectivity index (χ0v) is 34.7. The van der Waals surface area contributed by atoms with Gasteiger partial charge in [-0.25, -0.2) is 0 Å². The van der Waals surface area contributed by atoms with Crippen molar-refractivity contribution in [3.63, 3.8) is 0 Å². The number of benzene rings is 9. The van der Waals surface area contributed by atoms with Crippen LogP contribution >= 0.6 is 11.3 Å². The van der Waals surface area contributed by atoms with Crippen LogP contribution in [0.3, 0.4) is 0 Å². The Hall–Kier alpha value is -8.19. The molecule has 0 atom stereocenters. The van der Waals surface area contributed by atoms with Gasteiger partial charge in [-0.1, -0.05) is 164 Å². The molecule has 0 N–H and O–H groups in total. The first kappa shape index (κ1) is 35.6. The van der Waals surface area contributed by atoms with Crippen molar-refractivity contribution in [3.05, 3.63) is 212 Å². The van der Waals surface area contributed by atoms with E-state index in [2.05, 4.69) is 221 Å². The summed E-state index contributed by atoms with van der Waals surface area (Å²) in [4.78, 5) is 16.2. The van der Waals surface area contributed by atoms with Crippen molar-refractivity contribution in [3.8, 4) is 56.7 Å². The molecule has 0 amide bonds. The zero-order chi connectivity index (χ0) is 41.4. The molecule has 0 aliphatic carbocycles. The molecule has 6 heteroatoms. The Morgan fingerprint density at radius 2 is 0.698 bits per heavy atom. The summed E-state index contributed by atoms with van der Waals surface area (Å²) in [7, 11) is 0. The first-order valence-electron chi connectivity index (χ1n) is 21.2. The van der Waals surface area contributed by atoms with E-state index in [-0.39, 0.29) is 0 Å². The zero-order valence-electron chi connectivity index (χ0n) is 33.9. The van der Waals surface area contributed by atoms with E-state index in [1.165, 1.54) is 31.3 Å². The molecular weight excluding hydrogens is 787 g/mol. The summed E-state index contributed by atoms with van der Waals surface area (Å²) < 4.78 is 7.00. The number of rotatable bonds is 6. The minimum atomic E-state index is 0.553. The fourth-order valence-corrected chi connectivity index (χ4v) is 10.6. The highest BCUT2D eigenvalue weighted by molar-refractivity contribution is 7.25. The number of hydrogen-bond donors (Lipinski definition) is 0. The Balaban J connectivity index is 1.01. The molecule has 13 aromatic rings. The molecule has 0 aliphatic rings. The fourth-order valence-electron chi connectivity index (χ4n) is 9.44. The molecule has 0 aliphatic heterocycles. The van der Waals surface area contributed by atoms with Gasteiger partial charge in [0.1, 0.15) is 0 Å². The number of aromatic nitrogens is 5. The predicted octanol–water partition coefficient (Wildman–Crippen LogP) is 15.1. The van der Waals surface area contributed by atoms with Gasteiger partial charge < -0.3 is 0 Å². The molecule has 0 unspecified atom stereocenters. The van der Waals surface area contributed by atoms with E-state index < -0.39 is 0 Å². The van der Waals surface area contributed by atoms with E-state index in [1.54, 1.807) is 0 Å². The molecule has 9 aromatic carbocycles. The molecular formula is C57H35N5S. The highest BCUT2D eigenvalue weighted by atomic mass is 32.1. The van der Waals surface area contributed by atoms with E-state index in [9.17, 15) is 0 Å². The second-order valence-corrected chi connectivity index (χ2v) is 17.1. The highest BCUT2D eigenvalue weighted by Gasteiger charge is 2.21. The minimum absolute atomic E-state index is 0.553. The molecule has 0 bridgehead atoms. The maximum absolute atomic E-state index is 5.41. The van der Waals surface area contributed by atoms with Crippen LogP contribution in [0.15, 0.2) is 212 Å². The van der Waals surface area contributed by atoms with Crippen LogP contribution in [-0.2, 0) is 0 Å². The van der Waals surface area contributed by atoms with E-state index in [0.29, 0.717) is 17.7 Å². The summed E-state index contributed by atoms with van der Waals surface area (Å²) in [5, 5.41) is 7.19. The Bertz CT molecular complexity index is 3880. The second-order valence-electron chi connectivity index (χ2n) is 16.1. The minimum Gasteiger partial charge on any atom is -0.278 e. The van der Waals surface area contributed by atoms with Gasteiger partial charge >= 0.3 is 0 Å². The normalized spacial score (nSPS) is 11.8. The highest BCUT2D eigenvalue weighted by Crippen LogP contribution is 2.39. The molecule has 63 heavy (non-hydrogen) atoms. The quantitative estimate of drug-likeness (QED) is 0.168. The Morgan fingerprint density at radius 1 is 0.270 bits per heavy atom. The van der Waals surface area contributed by atoms with Crippen LogP contribution in [0.25, 0.3) is 120 Å². The van der Waals surface area contributed by atoms with Gasteiger partial charge in [-0.2, -0.15) is 15.0 Å².